The molecule has 0 aliphatic carbocycles. The highest BCUT2D eigenvalue weighted by molar-refractivity contribution is 5.93. The Labute approximate surface area is 118 Å². The summed E-state index contributed by atoms with van der Waals surface area (Å²) in [6.45, 7) is 2.04. The number of benzene rings is 1. The lowest BCUT2D eigenvalue weighted by molar-refractivity contribution is -0.144. The molecule has 6 heteroatoms. The van der Waals surface area contributed by atoms with Crippen LogP contribution >= 0.6 is 0 Å². The number of nitrogens with one attached hydrogen (secondary N) is 1. The smallest absolute Gasteiger partial charge is 0.306 e. The van der Waals surface area contributed by atoms with E-state index < -0.39 is 0 Å². The third-order valence-electron chi connectivity index (χ3n) is 2.50. The van der Waals surface area contributed by atoms with Gasteiger partial charge in [-0.1, -0.05) is 0 Å². The number of ether oxygens (including phenoxy) is 3. The quantitative estimate of drug-likeness (QED) is 0.774. The molecular weight excluding hydrogens is 262 g/mol. The Balaban J connectivity index is 2.59. The highest BCUT2D eigenvalue weighted by Crippen LogP contribution is 2.25. The zero-order valence-electron chi connectivity index (χ0n) is 11.9. The van der Waals surface area contributed by atoms with Crippen LogP contribution in [0.25, 0.3) is 0 Å². The Morgan fingerprint density at radius 1 is 1.05 bits per heavy atom. The second-order valence-electron chi connectivity index (χ2n) is 3.95. The van der Waals surface area contributed by atoms with Crippen molar-refractivity contribution in [2.24, 2.45) is 0 Å². The first-order chi connectivity index (χ1) is 9.58. The third-order valence-corrected chi connectivity index (χ3v) is 2.50. The molecule has 0 saturated carbocycles. The summed E-state index contributed by atoms with van der Waals surface area (Å²) in [5, 5.41) is 2.68. The molecule has 0 unspecified atom stereocenters. The number of carbonyl (C=O) groups is 2. The molecular formula is C14H19NO5. The van der Waals surface area contributed by atoms with Crippen LogP contribution in [0.5, 0.6) is 11.5 Å². The first kappa shape index (κ1) is 15.8. The molecule has 1 amide bonds. The molecule has 0 radical (unpaired) electrons. The normalized spacial score (nSPS) is 9.75. The molecule has 1 rings (SSSR count). The van der Waals surface area contributed by atoms with E-state index in [0.717, 1.165) is 0 Å². The summed E-state index contributed by atoms with van der Waals surface area (Å²) in [6.07, 6.45) is 0.124. The highest BCUT2D eigenvalue weighted by Gasteiger charge is 2.09. The van der Waals surface area contributed by atoms with Gasteiger partial charge in [-0.25, -0.2) is 0 Å². The summed E-state index contributed by atoms with van der Waals surface area (Å²) < 4.78 is 15.0. The molecule has 0 heterocycles. The second-order valence-corrected chi connectivity index (χ2v) is 3.95. The van der Waals surface area contributed by atoms with Crippen LogP contribution in [0.4, 0.5) is 5.69 Å². The van der Waals surface area contributed by atoms with E-state index in [1.165, 1.54) is 14.2 Å². The number of hydrogen-bond acceptors (Lipinski definition) is 5. The van der Waals surface area contributed by atoms with Crippen molar-refractivity contribution in [2.75, 3.05) is 26.1 Å². The lowest BCUT2D eigenvalue weighted by atomic mass is 10.2. The van der Waals surface area contributed by atoms with E-state index in [-0.39, 0.29) is 24.7 Å². The van der Waals surface area contributed by atoms with Crippen molar-refractivity contribution < 1.29 is 23.8 Å². The Morgan fingerprint density at radius 3 is 2.15 bits per heavy atom. The summed E-state index contributed by atoms with van der Waals surface area (Å²) in [6, 6.07) is 5.05. The molecule has 110 valence electrons. The van der Waals surface area contributed by atoms with E-state index in [4.69, 9.17) is 14.2 Å². The SMILES string of the molecule is CCOC(=O)CCC(=O)Nc1cc(OC)cc(OC)c1. The van der Waals surface area contributed by atoms with Gasteiger partial charge in [0.25, 0.3) is 0 Å². The fourth-order valence-electron chi connectivity index (χ4n) is 1.55. The topological polar surface area (TPSA) is 73.9 Å². The molecule has 1 N–H and O–H groups in total. The molecule has 0 aliphatic heterocycles. The number of amides is 1. The number of hydrogen-bond donors (Lipinski definition) is 1. The number of rotatable bonds is 7. The first-order valence-corrected chi connectivity index (χ1v) is 6.27. The van der Waals surface area contributed by atoms with Gasteiger partial charge >= 0.3 is 5.97 Å². The third kappa shape index (κ3) is 5.17. The molecule has 0 aliphatic rings. The Morgan fingerprint density at radius 2 is 1.65 bits per heavy atom. The van der Waals surface area contributed by atoms with Crippen LogP contribution in [0.15, 0.2) is 18.2 Å². The van der Waals surface area contributed by atoms with Crippen molar-refractivity contribution in [3.8, 4) is 11.5 Å². The van der Waals surface area contributed by atoms with Gasteiger partial charge in [-0.2, -0.15) is 0 Å². The molecule has 0 aromatic heterocycles. The predicted octanol–water partition coefficient (Wildman–Crippen LogP) is 1.99. The molecule has 1 aromatic rings. The highest BCUT2D eigenvalue weighted by atomic mass is 16.5. The van der Waals surface area contributed by atoms with Gasteiger partial charge in [-0.05, 0) is 6.92 Å². The predicted molar refractivity (Wildman–Crippen MR) is 74.0 cm³/mol. The average Bonchev–Trinajstić information content (AvgIpc) is 2.45. The van der Waals surface area contributed by atoms with Crippen molar-refractivity contribution >= 4 is 17.6 Å². The van der Waals surface area contributed by atoms with Crippen molar-refractivity contribution in [1.29, 1.82) is 0 Å². The summed E-state index contributed by atoms with van der Waals surface area (Å²) in [7, 11) is 3.06. The Bertz CT molecular complexity index is 450. The van der Waals surface area contributed by atoms with Gasteiger partial charge in [-0.3, -0.25) is 9.59 Å². The minimum absolute atomic E-state index is 0.0563. The maximum Gasteiger partial charge on any atom is 0.306 e. The van der Waals surface area contributed by atoms with E-state index in [0.29, 0.717) is 23.8 Å². The van der Waals surface area contributed by atoms with Crippen LogP contribution in [0.3, 0.4) is 0 Å². The zero-order chi connectivity index (χ0) is 15.0. The van der Waals surface area contributed by atoms with Crippen LogP contribution in [0, 0.1) is 0 Å². The van der Waals surface area contributed by atoms with Crippen LogP contribution in [0.2, 0.25) is 0 Å². The number of methoxy groups -OCH3 is 2. The summed E-state index contributed by atoms with van der Waals surface area (Å²) in [4.78, 5) is 22.9. The lowest BCUT2D eigenvalue weighted by Gasteiger charge is -2.09. The van der Waals surface area contributed by atoms with Crippen molar-refractivity contribution in [2.45, 2.75) is 19.8 Å². The number of carbonyl (C=O) groups excluding carboxylic acids is 2. The molecule has 0 fully saturated rings. The van der Waals surface area contributed by atoms with Gasteiger partial charge in [-0.15, -0.1) is 0 Å². The van der Waals surface area contributed by atoms with E-state index in [9.17, 15) is 9.59 Å². The average molecular weight is 281 g/mol. The van der Waals surface area contributed by atoms with Crippen LogP contribution in [-0.2, 0) is 14.3 Å². The van der Waals surface area contributed by atoms with Gasteiger partial charge in [0.15, 0.2) is 0 Å². The first-order valence-electron chi connectivity index (χ1n) is 6.27. The molecule has 0 saturated heterocycles. The monoisotopic (exact) mass is 281 g/mol. The largest absolute Gasteiger partial charge is 0.497 e. The lowest BCUT2D eigenvalue weighted by Crippen LogP contribution is -2.14. The molecule has 6 nitrogen and oxygen atoms in total. The van der Waals surface area contributed by atoms with E-state index in [1.54, 1.807) is 25.1 Å². The fourth-order valence-corrected chi connectivity index (χ4v) is 1.55. The molecule has 0 bridgehead atoms. The summed E-state index contributed by atoms with van der Waals surface area (Å²) in [5.41, 5.74) is 0.551. The summed E-state index contributed by atoms with van der Waals surface area (Å²) in [5.74, 6) is 0.495. The standard InChI is InChI=1S/C14H19NO5/c1-4-20-14(17)6-5-13(16)15-10-7-11(18-2)9-12(8-10)19-3/h7-9H,4-6H2,1-3H3,(H,15,16). The minimum Gasteiger partial charge on any atom is -0.497 e. The minimum atomic E-state index is -0.383. The van der Waals surface area contributed by atoms with Crippen molar-refractivity contribution in [1.82, 2.24) is 0 Å². The maximum atomic E-state index is 11.7. The van der Waals surface area contributed by atoms with E-state index in [1.807, 2.05) is 0 Å². The molecule has 0 spiro atoms. The van der Waals surface area contributed by atoms with Crippen molar-refractivity contribution in [3.63, 3.8) is 0 Å². The maximum absolute atomic E-state index is 11.7. The number of anilines is 1. The summed E-state index contributed by atoms with van der Waals surface area (Å²) >= 11 is 0. The van der Waals surface area contributed by atoms with Gasteiger partial charge in [0, 0.05) is 30.3 Å². The van der Waals surface area contributed by atoms with E-state index >= 15 is 0 Å². The Hall–Kier alpha value is -2.24. The number of esters is 1. The van der Waals surface area contributed by atoms with Gasteiger partial charge in [0.05, 0.1) is 27.2 Å². The molecule has 1 aromatic carbocycles. The van der Waals surface area contributed by atoms with Crippen LogP contribution in [-0.4, -0.2) is 32.7 Å². The molecule has 0 atom stereocenters. The van der Waals surface area contributed by atoms with Crippen LogP contribution in [0.1, 0.15) is 19.8 Å². The second kappa shape index (κ2) is 8.04. The van der Waals surface area contributed by atoms with Crippen molar-refractivity contribution in [3.05, 3.63) is 18.2 Å². The van der Waals surface area contributed by atoms with E-state index in [2.05, 4.69) is 5.32 Å². The van der Waals surface area contributed by atoms with Gasteiger partial charge < -0.3 is 19.5 Å². The van der Waals surface area contributed by atoms with Crippen LogP contribution < -0.4 is 14.8 Å². The van der Waals surface area contributed by atoms with Gasteiger partial charge in [0.1, 0.15) is 11.5 Å². The fraction of sp³-hybridized carbons (Fsp3) is 0.429. The molecule has 20 heavy (non-hydrogen) atoms. The Kier molecular flexibility index (Phi) is 6.36. The zero-order valence-corrected chi connectivity index (χ0v) is 11.9. The van der Waals surface area contributed by atoms with Gasteiger partial charge in [0.2, 0.25) is 5.91 Å².